The summed E-state index contributed by atoms with van der Waals surface area (Å²) in [4.78, 5) is 12.8. The van der Waals surface area contributed by atoms with Crippen molar-refractivity contribution in [1.29, 1.82) is 0 Å². The van der Waals surface area contributed by atoms with Crippen molar-refractivity contribution in [3.63, 3.8) is 0 Å². The van der Waals surface area contributed by atoms with Crippen molar-refractivity contribution in [2.24, 2.45) is 0 Å². The maximum atomic E-state index is 11.7. The molecule has 16 heavy (non-hydrogen) atoms. The van der Waals surface area contributed by atoms with E-state index in [9.17, 15) is 18.0 Å². The van der Waals surface area contributed by atoms with Crippen molar-refractivity contribution in [2.75, 3.05) is 25.6 Å². The van der Waals surface area contributed by atoms with Crippen molar-refractivity contribution in [3.8, 4) is 0 Å². The lowest BCUT2D eigenvalue weighted by molar-refractivity contribution is -0.178. The third kappa shape index (κ3) is 6.90. The molecule has 0 unspecified atom stereocenters. The van der Waals surface area contributed by atoms with E-state index in [1.54, 1.807) is 13.8 Å². The molecule has 0 bridgehead atoms. The number of halogens is 4. The molecule has 3 nitrogen and oxygen atoms in total. The highest BCUT2D eigenvalue weighted by Crippen LogP contribution is 2.14. The second kappa shape index (κ2) is 6.96. The molecule has 0 saturated heterocycles. The van der Waals surface area contributed by atoms with E-state index >= 15 is 0 Å². The largest absolute Gasteiger partial charge is 0.411 e. The van der Waals surface area contributed by atoms with Gasteiger partial charge < -0.3 is 9.64 Å². The van der Waals surface area contributed by atoms with E-state index in [4.69, 9.17) is 11.6 Å². The Hall–Kier alpha value is -0.490. The zero-order chi connectivity index (χ0) is 12.8. The number of ether oxygens (including phenoxy) is 1. The Morgan fingerprint density at radius 1 is 1.44 bits per heavy atom. The van der Waals surface area contributed by atoms with E-state index in [1.807, 2.05) is 0 Å². The van der Waals surface area contributed by atoms with Gasteiger partial charge in [0.1, 0.15) is 13.2 Å². The summed E-state index contributed by atoms with van der Waals surface area (Å²) < 4.78 is 39.5. The molecule has 96 valence electrons. The molecule has 0 aliphatic heterocycles. The fourth-order valence-electron chi connectivity index (χ4n) is 1.10. The van der Waals surface area contributed by atoms with Crippen molar-refractivity contribution in [1.82, 2.24) is 4.90 Å². The van der Waals surface area contributed by atoms with Gasteiger partial charge >= 0.3 is 6.18 Å². The number of hydrogen-bond donors (Lipinski definition) is 0. The van der Waals surface area contributed by atoms with Gasteiger partial charge in [0, 0.05) is 18.5 Å². The minimum Gasteiger partial charge on any atom is -0.362 e. The molecule has 0 fully saturated rings. The standard InChI is InChI=1S/C9H15ClF3NO2/c1-7(2)14(4-3-10)8(15)5-16-6-9(11,12)13/h7H,3-6H2,1-2H3. The average molecular weight is 262 g/mol. The van der Waals surface area contributed by atoms with Gasteiger partial charge in [-0.15, -0.1) is 11.6 Å². The fourth-order valence-corrected chi connectivity index (χ4v) is 1.28. The molecule has 0 spiro atoms. The van der Waals surface area contributed by atoms with E-state index in [-0.39, 0.29) is 11.9 Å². The van der Waals surface area contributed by atoms with Crippen molar-refractivity contribution in [3.05, 3.63) is 0 Å². The van der Waals surface area contributed by atoms with E-state index < -0.39 is 25.3 Å². The number of hydrogen-bond acceptors (Lipinski definition) is 2. The minimum atomic E-state index is -4.41. The summed E-state index contributed by atoms with van der Waals surface area (Å²) in [7, 11) is 0. The fraction of sp³-hybridized carbons (Fsp3) is 0.889. The zero-order valence-electron chi connectivity index (χ0n) is 9.18. The van der Waals surface area contributed by atoms with Crippen LogP contribution in [0.1, 0.15) is 13.8 Å². The molecule has 0 atom stereocenters. The van der Waals surface area contributed by atoms with Crippen molar-refractivity contribution >= 4 is 17.5 Å². The van der Waals surface area contributed by atoms with Crippen LogP contribution in [0.15, 0.2) is 0 Å². The maximum Gasteiger partial charge on any atom is 0.411 e. The van der Waals surface area contributed by atoms with Gasteiger partial charge in [-0.25, -0.2) is 0 Å². The summed E-state index contributed by atoms with van der Waals surface area (Å²) in [5, 5.41) is 0. The van der Waals surface area contributed by atoms with Gasteiger partial charge in [-0.05, 0) is 13.8 Å². The highest BCUT2D eigenvalue weighted by Gasteiger charge is 2.28. The Bertz CT molecular complexity index is 221. The van der Waals surface area contributed by atoms with Crippen LogP contribution in [0.2, 0.25) is 0 Å². The van der Waals surface area contributed by atoms with E-state index in [0.717, 1.165) is 0 Å². The van der Waals surface area contributed by atoms with Gasteiger partial charge in [0.05, 0.1) is 0 Å². The monoisotopic (exact) mass is 261 g/mol. The summed E-state index contributed by atoms with van der Waals surface area (Å²) in [6, 6.07) is -0.110. The topological polar surface area (TPSA) is 29.5 Å². The molecule has 0 aromatic carbocycles. The minimum absolute atomic E-state index is 0.110. The number of nitrogens with zero attached hydrogens (tertiary/aromatic N) is 1. The predicted octanol–water partition coefficient (Wildman–Crippen LogP) is 2.04. The molecular formula is C9H15ClF3NO2. The Labute approximate surface area is 97.5 Å². The molecule has 0 aliphatic rings. The molecule has 0 heterocycles. The van der Waals surface area contributed by atoms with Gasteiger partial charge in [0.25, 0.3) is 0 Å². The molecule has 0 radical (unpaired) electrons. The third-order valence-corrected chi connectivity index (χ3v) is 1.93. The number of alkyl halides is 4. The Morgan fingerprint density at radius 2 is 2.00 bits per heavy atom. The molecular weight excluding hydrogens is 247 g/mol. The van der Waals surface area contributed by atoms with Crippen molar-refractivity contribution < 1.29 is 22.7 Å². The second-order valence-corrected chi connectivity index (χ2v) is 3.86. The Morgan fingerprint density at radius 3 is 2.38 bits per heavy atom. The van der Waals surface area contributed by atoms with Crippen LogP contribution in [0.3, 0.4) is 0 Å². The number of rotatable bonds is 6. The lowest BCUT2D eigenvalue weighted by Gasteiger charge is -2.25. The molecule has 1 amide bonds. The Balaban J connectivity index is 4.02. The smallest absolute Gasteiger partial charge is 0.362 e. The average Bonchev–Trinajstić information content (AvgIpc) is 2.11. The van der Waals surface area contributed by atoms with Gasteiger partial charge in [0.2, 0.25) is 5.91 Å². The van der Waals surface area contributed by atoms with Gasteiger partial charge in [-0.1, -0.05) is 0 Å². The molecule has 0 N–H and O–H groups in total. The molecule has 0 aromatic heterocycles. The van der Waals surface area contributed by atoms with Crippen LogP contribution in [-0.2, 0) is 9.53 Å². The summed E-state index contributed by atoms with van der Waals surface area (Å²) in [5.74, 6) is -0.247. The first-order valence-corrected chi connectivity index (χ1v) is 5.31. The van der Waals surface area contributed by atoms with Crippen LogP contribution in [0.4, 0.5) is 13.2 Å². The maximum absolute atomic E-state index is 11.7. The van der Waals surface area contributed by atoms with Crippen LogP contribution in [0, 0.1) is 0 Å². The SMILES string of the molecule is CC(C)N(CCCl)C(=O)COCC(F)(F)F. The highest BCUT2D eigenvalue weighted by molar-refractivity contribution is 6.18. The third-order valence-electron chi connectivity index (χ3n) is 1.76. The predicted molar refractivity (Wildman–Crippen MR) is 54.4 cm³/mol. The van der Waals surface area contributed by atoms with Crippen LogP contribution in [0.5, 0.6) is 0 Å². The molecule has 0 saturated carbocycles. The summed E-state index contributed by atoms with van der Waals surface area (Å²) in [5.41, 5.74) is 0. The first-order chi connectivity index (χ1) is 7.28. The molecule has 0 aliphatic carbocycles. The summed E-state index contributed by atoms with van der Waals surface area (Å²) in [6.07, 6.45) is -4.41. The van der Waals surface area contributed by atoms with E-state index in [0.29, 0.717) is 6.54 Å². The summed E-state index contributed by atoms with van der Waals surface area (Å²) in [6.45, 7) is 1.83. The zero-order valence-corrected chi connectivity index (χ0v) is 9.94. The number of amides is 1. The lowest BCUT2D eigenvalue weighted by atomic mass is 10.3. The molecule has 7 heteroatoms. The Kier molecular flexibility index (Phi) is 6.74. The van der Waals surface area contributed by atoms with Crippen LogP contribution < -0.4 is 0 Å². The quantitative estimate of drug-likeness (QED) is 0.685. The number of carbonyl (C=O) groups is 1. The van der Waals surface area contributed by atoms with Crippen LogP contribution in [-0.4, -0.2) is 48.7 Å². The number of carbonyl (C=O) groups excluding carboxylic acids is 1. The molecule has 0 rings (SSSR count). The lowest BCUT2D eigenvalue weighted by Crippen LogP contribution is -2.41. The van der Waals surface area contributed by atoms with E-state index in [2.05, 4.69) is 4.74 Å². The first kappa shape index (κ1) is 15.5. The van der Waals surface area contributed by atoms with Gasteiger partial charge in [0.15, 0.2) is 0 Å². The van der Waals surface area contributed by atoms with Gasteiger partial charge in [-0.2, -0.15) is 13.2 Å². The molecule has 0 aromatic rings. The van der Waals surface area contributed by atoms with Gasteiger partial charge in [-0.3, -0.25) is 4.79 Å². The van der Waals surface area contributed by atoms with Crippen LogP contribution in [0.25, 0.3) is 0 Å². The first-order valence-electron chi connectivity index (χ1n) is 4.78. The van der Waals surface area contributed by atoms with E-state index in [1.165, 1.54) is 4.90 Å². The highest BCUT2D eigenvalue weighted by atomic mass is 35.5. The normalized spacial score (nSPS) is 11.9. The van der Waals surface area contributed by atoms with Crippen LogP contribution >= 0.6 is 11.6 Å². The van der Waals surface area contributed by atoms with Crippen molar-refractivity contribution in [2.45, 2.75) is 26.1 Å². The summed E-state index contributed by atoms with van der Waals surface area (Å²) >= 11 is 5.48. The second-order valence-electron chi connectivity index (χ2n) is 3.48.